The van der Waals surface area contributed by atoms with Gasteiger partial charge in [0.05, 0.1) is 13.2 Å². The molecule has 1 amide bonds. The average molecular weight is 353 g/mol. The molecule has 0 saturated carbocycles. The van der Waals surface area contributed by atoms with E-state index in [1.165, 1.54) is 0 Å². The predicted molar refractivity (Wildman–Crippen MR) is 92.3 cm³/mol. The predicted octanol–water partition coefficient (Wildman–Crippen LogP) is 2.59. The van der Waals surface area contributed by atoms with Gasteiger partial charge in [-0.2, -0.15) is 0 Å². The van der Waals surface area contributed by atoms with Gasteiger partial charge < -0.3 is 24.6 Å². The van der Waals surface area contributed by atoms with Gasteiger partial charge in [0.1, 0.15) is 5.60 Å². The largest absolute Gasteiger partial charge is 0.480 e. The minimum atomic E-state index is -1.17. The number of alkyl carbamates (subject to hydrolysis) is 1. The van der Waals surface area contributed by atoms with E-state index in [1.54, 1.807) is 20.8 Å². The fourth-order valence-electron chi connectivity index (χ4n) is 1.85. The molecule has 1 aromatic rings. The summed E-state index contributed by atoms with van der Waals surface area (Å²) in [5, 5.41) is 11.4. The lowest BCUT2D eigenvalue weighted by molar-refractivity contribution is -0.141. The van der Waals surface area contributed by atoms with E-state index in [0.717, 1.165) is 5.56 Å². The molecule has 0 aliphatic carbocycles. The van der Waals surface area contributed by atoms with Crippen LogP contribution in [0, 0.1) is 0 Å². The summed E-state index contributed by atoms with van der Waals surface area (Å²) in [6.45, 7) is 6.35. The molecule has 0 fully saturated rings. The fourth-order valence-corrected chi connectivity index (χ4v) is 1.85. The number of nitrogens with one attached hydrogen (secondary N) is 1. The van der Waals surface area contributed by atoms with Crippen molar-refractivity contribution in [3.05, 3.63) is 35.9 Å². The maximum Gasteiger partial charge on any atom is 0.408 e. The van der Waals surface area contributed by atoms with E-state index in [9.17, 15) is 9.59 Å². The summed E-state index contributed by atoms with van der Waals surface area (Å²) < 4.78 is 15.8. The molecule has 2 N–H and O–H groups in total. The quantitative estimate of drug-likeness (QED) is 0.628. The summed E-state index contributed by atoms with van der Waals surface area (Å²) >= 11 is 0. The average Bonchev–Trinajstić information content (AvgIpc) is 2.52. The lowest BCUT2D eigenvalue weighted by atomic mass is 10.2. The molecule has 140 valence electrons. The van der Waals surface area contributed by atoms with Crippen LogP contribution in [0.25, 0.3) is 0 Å². The van der Waals surface area contributed by atoms with Gasteiger partial charge in [-0.3, -0.25) is 0 Å². The summed E-state index contributed by atoms with van der Waals surface area (Å²) in [5.74, 6) is -1.17. The molecule has 1 rings (SSSR count). The number of carbonyl (C=O) groups excluding carboxylic acids is 1. The van der Waals surface area contributed by atoms with Crippen molar-refractivity contribution in [1.29, 1.82) is 0 Å². The summed E-state index contributed by atoms with van der Waals surface area (Å²) in [7, 11) is 0. The monoisotopic (exact) mass is 353 g/mol. The Kier molecular flexibility index (Phi) is 8.94. The molecule has 0 heterocycles. The third-order valence-electron chi connectivity index (χ3n) is 2.96. The molecule has 7 heteroatoms. The number of hydrogen-bond donors (Lipinski definition) is 2. The van der Waals surface area contributed by atoms with Crippen molar-refractivity contribution in [2.24, 2.45) is 0 Å². The van der Waals surface area contributed by atoms with Crippen molar-refractivity contribution in [2.45, 2.75) is 45.4 Å². The minimum absolute atomic E-state index is 0.132. The number of hydrogen-bond acceptors (Lipinski definition) is 5. The van der Waals surface area contributed by atoms with E-state index in [2.05, 4.69) is 5.32 Å². The van der Waals surface area contributed by atoms with Crippen LogP contribution >= 0.6 is 0 Å². The molecule has 0 bridgehead atoms. The van der Waals surface area contributed by atoms with E-state index in [1.807, 2.05) is 30.3 Å². The Balaban J connectivity index is 2.16. The fraction of sp³-hybridized carbons (Fsp3) is 0.556. The number of ether oxygens (including phenoxy) is 3. The second-order valence-corrected chi connectivity index (χ2v) is 6.50. The van der Waals surface area contributed by atoms with Crippen molar-refractivity contribution in [3.8, 4) is 0 Å². The van der Waals surface area contributed by atoms with Gasteiger partial charge >= 0.3 is 12.1 Å². The number of benzene rings is 1. The summed E-state index contributed by atoms with van der Waals surface area (Å²) in [5.41, 5.74) is 0.403. The van der Waals surface area contributed by atoms with Crippen molar-refractivity contribution < 1.29 is 28.9 Å². The molecule has 0 spiro atoms. The molecule has 0 saturated heterocycles. The smallest absolute Gasteiger partial charge is 0.408 e. The zero-order chi connectivity index (χ0) is 18.7. The second-order valence-electron chi connectivity index (χ2n) is 6.50. The third kappa shape index (κ3) is 10.4. The summed E-state index contributed by atoms with van der Waals surface area (Å²) in [6.07, 6.45) is -0.152. The molecule has 7 nitrogen and oxygen atoms in total. The highest BCUT2D eigenvalue weighted by atomic mass is 16.6. The van der Waals surface area contributed by atoms with Gasteiger partial charge in [0.15, 0.2) is 6.04 Å². The highest BCUT2D eigenvalue weighted by molar-refractivity contribution is 5.80. The lowest BCUT2D eigenvalue weighted by Crippen LogP contribution is -2.46. The number of carboxylic acid groups (broad SMARTS) is 1. The van der Waals surface area contributed by atoms with Gasteiger partial charge in [0.25, 0.3) is 0 Å². The molecule has 25 heavy (non-hydrogen) atoms. The Bertz CT molecular complexity index is 526. The maximum absolute atomic E-state index is 11.6. The van der Waals surface area contributed by atoms with Crippen LogP contribution in [0.4, 0.5) is 4.79 Å². The minimum Gasteiger partial charge on any atom is -0.480 e. The molecule has 0 aromatic heterocycles. The molecular weight excluding hydrogens is 326 g/mol. The van der Waals surface area contributed by atoms with Crippen LogP contribution in [0.2, 0.25) is 0 Å². The van der Waals surface area contributed by atoms with E-state index in [-0.39, 0.29) is 6.61 Å². The number of rotatable bonds is 10. The second kappa shape index (κ2) is 10.7. The molecule has 1 aromatic carbocycles. The van der Waals surface area contributed by atoms with Crippen LogP contribution in [-0.2, 0) is 25.6 Å². The van der Waals surface area contributed by atoms with Gasteiger partial charge in [-0.05, 0) is 32.8 Å². The van der Waals surface area contributed by atoms with Crippen LogP contribution in [0.15, 0.2) is 30.3 Å². The molecule has 0 aliphatic heterocycles. The Morgan fingerprint density at radius 2 is 1.76 bits per heavy atom. The Morgan fingerprint density at radius 1 is 1.12 bits per heavy atom. The molecule has 0 aliphatic rings. The highest BCUT2D eigenvalue weighted by Gasteiger charge is 2.23. The number of carbonyl (C=O) groups is 2. The molecule has 1 atom stereocenters. The van der Waals surface area contributed by atoms with Gasteiger partial charge in [0.2, 0.25) is 0 Å². The van der Waals surface area contributed by atoms with Crippen molar-refractivity contribution in [3.63, 3.8) is 0 Å². The summed E-state index contributed by atoms with van der Waals surface area (Å²) in [6, 6.07) is 8.66. The van der Waals surface area contributed by atoms with E-state index in [0.29, 0.717) is 26.2 Å². The number of aliphatic carboxylic acids is 1. The van der Waals surface area contributed by atoms with Gasteiger partial charge in [-0.25, -0.2) is 9.59 Å². The van der Waals surface area contributed by atoms with Crippen LogP contribution in [0.3, 0.4) is 0 Å². The van der Waals surface area contributed by atoms with Gasteiger partial charge in [-0.15, -0.1) is 0 Å². The first-order chi connectivity index (χ1) is 11.8. The Labute approximate surface area is 148 Å². The van der Waals surface area contributed by atoms with E-state index >= 15 is 0 Å². The highest BCUT2D eigenvalue weighted by Crippen LogP contribution is 2.07. The molecule has 1 unspecified atom stereocenters. The zero-order valence-electron chi connectivity index (χ0n) is 15.0. The Morgan fingerprint density at radius 3 is 2.36 bits per heavy atom. The van der Waals surface area contributed by atoms with Crippen molar-refractivity contribution in [2.75, 3.05) is 19.8 Å². The topological polar surface area (TPSA) is 94.1 Å². The van der Waals surface area contributed by atoms with Crippen molar-refractivity contribution in [1.82, 2.24) is 5.32 Å². The summed E-state index contributed by atoms with van der Waals surface area (Å²) in [4.78, 5) is 22.8. The number of amides is 1. The molecule has 0 radical (unpaired) electrons. The lowest BCUT2D eigenvalue weighted by Gasteiger charge is -2.22. The molecular formula is C18H27NO6. The van der Waals surface area contributed by atoms with E-state index < -0.39 is 23.7 Å². The van der Waals surface area contributed by atoms with Crippen LogP contribution in [-0.4, -0.2) is 48.6 Å². The zero-order valence-corrected chi connectivity index (χ0v) is 15.0. The van der Waals surface area contributed by atoms with Crippen LogP contribution < -0.4 is 5.32 Å². The first-order valence-electron chi connectivity index (χ1n) is 8.19. The first-order valence-corrected chi connectivity index (χ1v) is 8.19. The Hall–Kier alpha value is -2.12. The van der Waals surface area contributed by atoms with E-state index in [4.69, 9.17) is 19.3 Å². The van der Waals surface area contributed by atoms with Gasteiger partial charge in [0, 0.05) is 13.2 Å². The van der Waals surface area contributed by atoms with Crippen molar-refractivity contribution >= 4 is 12.1 Å². The number of carboxylic acids is 1. The van der Waals surface area contributed by atoms with Crippen LogP contribution in [0.5, 0.6) is 0 Å². The van der Waals surface area contributed by atoms with Crippen LogP contribution in [0.1, 0.15) is 32.8 Å². The standard InChI is InChI=1S/C18H27NO6/c1-18(2,3)25-17(22)19-15(16(20)21)13-24-11-7-10-23-12-14-8-5-4-6-9-14/h4-6,8-9,15H,7,10-13H2,1-3H3,(H,19,22)(H,20,21). The van der Waals surface area contributed by atoms with Gasteiger partial charge in [-0.1, -0.05) is 30.3 Å². The maximum atomic E-state index is 11.6. The SMILES string of the molecule is CC(C)(C)OC(=O)NC(COCCCOCc1ccccc1)C(=O)O. The third-order valence-corrected chi connectivity index (χ3v) is 2.96. The normalized spacial score (nSPS) is 12.4. The first kappa shape index (κ1) is 20.9.